The summed E-state index contributed by atoms with van der Waals surface area (Å²) in [6.07, 6.45) is 0. The van der Waals surface area contributed by atoms with Crippen molar-refractivity contribution in [3.63, 3.8) is 0 Å². The number of benzene rings is 1. The van der Waals surface area contributed by atoms with Gasteiger partial charge in [0.2, 0.25) is 5.91 Å². The molecule has 0 fully saturated rings. The van der Waals surface area contributed by atoms with Gasteiger partial charge < -0.3 is 4.90 Å². The zero-order chi connectivity index (χ0) is 10.1. The van der Waals surface area contributed by atoms with Crippen LogP contribution in [-0.4, -0.2) is 10.8 Å². The molecule has 0 unspecified atom stereocenters. The van der Waals surface area contributed by atoms with E-state index >= 15 is 0 Å². The Hall–Kier alpha value is -1.82. The molecule has 0 bridgehead atoms. The van der Waals surface area contributed by atoms with Crippen LogP contribution in [0.15, 0.2) is 18.2 Å². The van der Waals surface area contributed by atoms with E-state index in [0.717, 1.165) is 11.1 Å². The van der Waals surface area contributed by atoms with E-state index in [-0.39, 0.29) is 5.91 Å². The average molecular weight is 186 g/mol. The summed E-state index contributed by atoms with van der Waals surface area (Å²) in [4.78, 5) is 12.9. The van der Waals surface area contributed by atoms with E-state index in [2.05, 4.69) is 6.07 Å². The highest BCUT2D eigenvalue weighted by atomic mass is 16.2. The second-order valence-electron chi connectivity index (χ2n) is 3.43. The molecular weight excluding hydrogens is 176 g/mol. The first kappa shape index (κ1) is 8.76. The van der Waals surface area contributed by atoms with Crippen LogP contribution in [0.1, 0.15) is 23.6 Å². The standard InChI is InChI=1S/C11H10N2O/c1-8(14)13-6-10-4-2-3-9(5-12)11(10)7-13/h2-4H,6-7H2,1H3. The second-order valence-corrected chi connectivity index (χ2v) is 3.43. The van der Waals surface area contributed by atoms with Crippen LogP contribution in [-0.2, 0) is 17.9 Å². The van der Waals surface area contributed by atoms with E-state index in [4.69, 9.17) is 5.26 Å². The summed E-state index contributed by atoms with van der Waals surface area (Å²) in [5, 5.41) is 8.87. The normalized spacial score (nSPS) is 13.6. The van der Waals surface area contributed by atoms with E-state index in [1.54, 1.807) is 17.9 Å². The number of hydrogen-bond donors (Lipinski definition) is 0. The summed E-state index contributed by atoms with van der Waals surface area (Å²) < 4.78 is 0. The fraction of sp³-hybridized carbons (Fsp3) is 0.273. The molecule has 1 aromatic carbocycles. The third-order valence-electron chi connectivity index (χ3n) is 2.55. The summed E-state index contributed by atoms with van der Waals surface area (Å²) in [5.74, 6) is 0.0603. The maximum Gasteiger partial charge on any atom is 0.220 e. The zero-order valence-corrected chi connectivity index (χ0v) is 7.95. The van der Waals surface area contributed by atoms with Gasteiger partial charge in [-0.3, -0.25) is 4.79 Å². The molecule has 2 rings (SSSR count). The number of carbonyl (C=O) groups is 1. The first-order chi connectivity index (χ1) is 6.72. The van der Waals surface area contributed by atoms with Crippen molar-refractivity contribution in [2.75, 3.05) is 0 Å². The van der Waals surface area contributed by atoms with E-state index in [9.17, 15) is 4.79 Å². The fourth-order valence-electron chi connectivity index (χ4n) is 1.75. The van der Waals surface area contributed by atoms with Crippen LogP contribution in [0, 0.1) is 11.3 Å². The number of rotatable bonds is 0. The van der Waals surface area contributed by atoms with E-state index < -0.39 is 0 Å². The highest BCUT2D eigenvalue weighted by molar-refractivity contribution is 5.74. The Kier molecular flexibility index (Phi) is 1.97. The van der Waals surface area contributed by atoms with Crippen LogP contribution in [0.4, 0.5) is 0 Å². The smallest absolute Gasteiger partial charge is 0.220 e. The van der Waals surface area contributed by atoms with Crippen LogP contribution < -0.4 is 0 Å². The summed E-state index contributed by atoms with van der Waals surface area (Å²) in [6, 6.07) is 7.78. The predicted octanol–water partition coefficient (Wildman–Crippen LogP) is 1.42. The summed E-state index contributed by atoms with van der Waals surface area (Å²) in [7, 11) is 0. The van der Waals surface area contributed by atoms with Gasteiger partial charge in [0.25, 0.3) is 0 Å². The van der Waals surface area contributed by atoms with Gasteiger partial charge in [-0.2, -0.15) is 5.26 Å². The van der Waals surface area contributed by atoms with Crippen molar-refractivity contribution in [2.24, 2.45) is 0 Å². The molecule has 1 aromatic rings. The van der Waals surface area contributed by atoms with Gasteiger partial charge in [0, 0.05) is 20.0 Å². The minimum absolute atomic E-state index is 0.0603. The van der Waals surface area contributed by atoms with Crippen molar-refractivity contribution in [3.05, 3.63) is 34.9 Å². The Balaban J connectivity index is 2.40. The predicted molar refractivity (Wildman–Crippen MR) is 51.1 cm³/mol. The Morgan fingerprint density at radius 3 is 2.93 bits per heavy atom. The molecule has 3 heteroatoms. The van der Waals surface area contributed by atoms with Gasteiger partial charge in [-0.1, -0.05) is 12.1 Å². The number of carbonyl (C=O) groups excluding carboxylic acids is 1. The number of fused-ring (bicyclic) bond motifs is 1. The van der Waals surface area contributed by atoms with E-state index in [0.29, 0.717) is 18.7 Å². The van der Waals surface area contributed by atoms with Gasteiger partial charge in [-0.05, 0) is 17.2 Å². The number of amides is 1. The Morgan fingerprint density at radius 2 is 2.29 bits per heavy atom. The maximum atomic E-state index is 11.2. The lowest BCUT2D eigenvalue weighted by molar-refractivity contribution is -0.129. The van der Waals surface area contributed by atoms with E-state index in [1.165, 1.54) is 0 Å². The fourth-order valence-corrected chi connectivity index (χ4v) is 1.75. The van der Waals surface area contributed by atoms with Crippen LogP contribution in [0.25, 0.3) is 0 Å². The number of hydrogen-bond acceptors (Lipinski definition) is 2. The third-order valence-corrected chi connectivity index (χ3v) is 2.55. The molecule has 1 amide bonds. The highest BCUT2D eigenvalue weighted by Crippen LogP contribution is 2.25. The lowest BCUT2D eigenvalue weighted by Gasteiger charge is -2.11. The van der Waals surface area contributed by atoms with Gasteiger partial charge in [0.1, 0.15) is 0 Å². The first-order valence-electron chi connectivity index (χ1n) is 4.48. The second kappa shape index (κ2) is 3.15. The molecule has 0 atom stereocenters. The lowest BCUT2D eigenvalue weighted by atomic mass is 10.1. The molecule has 1 aliphatic heterocycles. The Labute approximate surface area is 82.6 Å². The van der Waals surface area contributed by atoms with Gasteiger partial charge in [-0.15, -0.1) is 0 Å². The summed E-state index contributed by atoms with van der Waals surface area (Å²) in [6.45, 7) is 2.77. The molecule has 70 valence electrons. The summed E-state index contributed by atoms with van der Waals surface area (Å²) in [5.41, 5.74) is 2.79. The molecule has 0 saturated heterocycles. The zero-order valence-electron chi connectivity index (χ0n) is 7.95. The Morgan fingerprint density at radius 1 is 1.50 bits per heavy atom. The van der Waals surface area contributed by atoms with E-state index in [1.807, 2.05) is 12.1 Å². The van der Waals surface area contributed by atoms with Gasteiger partial charge in [0.05, 0.1) is 11.6 Å². The monoisotopic (exact) mass is 186 g/mol. The topological polar surface area (TPSA) is 44.1 Å². The number of nitriles is 1. The van der Waals surface area contributed by atoms with Crippen molar-refractivity contribution in [1.82, 2.24) is 4.90 Å². The van der Waals surface area contributed by atoms with Crippen molar-refractivity contribution >= 4 is 5.91 Å². The number of nitrogens with zero attached hydrogens (tertiary/aromatic N) is 2. The van der Waals surface area contributed by atoms with Crippen molar-refractivity contribution in [2.45, 2.75) is 20.0 Å². The maximum absolute atomic E-state index is 11.2. The third kappa shape index (κ3) is 1.25. The quantitative estimate of drug-likeness (QED) is 0.615. The summed E-state index contributed by atoms with van der Waals surface area (Å²) >= 11 is 0. The molecule has 0 aliphatic carbocycles. The van der Waals surface area contributed by atoms with Crippen molar-refractivity contribution in [1.29, 1.82) is 5.26 Å². The molecule has 0 spiro atoms. The van der Waals surface area contributed by atoms with Crippen LogP contribution in [0.3, 0.4) is 0 Å². The molecule has 1 heterocycles. The van der Waals surface area contributed by atoms with Gasteiger partial charge in [-0.25, -0.2) is 0 Å². The minimum Gasteiger partial charge on any atom is -0.334 e. The highest BCUT2D eigenvalue weighted by Gasteiger charge is 2.22. The average Bonchev–Trinajstić information content (AvgIpc) is 2.60. The molecule has 0 N–H and O–H groups in total. The molecule has 0 radical (unpaired) electrons. The molecule has 1 aliphatic rings. The lowest BCUT2D eigenvalue weighted by Crippen LogP contribution is -2.21. The largest absolute Gasteiger partial charge is 0.334 e. The molecule has 3 nitrogen and oxygen atoms in total. The minimum atomic E-state index is 0.0603. The SMILES string of the molecule is CC(=O)N1Cc2cccc(C#N)c2C1. The van der Waals surface area contributed by atoms with Crippen molar-refractivity contribution in [3.8, 4) is 6.07 Å². The molecule has 14 heavy (non-hydrogen) atoms. The van der Waals surface area contributed by atoms with Crippen LogP contribution in [0.5, 0.6) is 0 Å². The first-order valence-corrected chi connectivity index (χ1v) is 4.48. The molecule has 0 aromatic heterocycles. The molecule has 0 saturated carbocycles. The van der Waals surface area contributed by atoms with Crippen molar-refractivity contribution < 1.29 is 4.79 Å². The van der Waals surface area contributed by atoms with Crippen LogP contribution >= 0.6 is 0 Å². The molecular formula is C11H10N2O. The van der Waals surface area contributed by atoms with Gasteiger partial charge in [0.15, 0.2) is 0 Å². The Bertz CT molecular complexity index is 431. The van der Waals surface area contributed by atoms with Gasteiger partial charge >= 0.3 is 0 Å². The van der Waals surface area contributed by atoms with Crippen LogP contribution in [0.2, 0.25) is 0 Å².